The molecular weight excluding hydrogens is 312 g/mol. The molecular formula is C22H34O3. The Bertz CT molecular complexity index is 509. The van der Waals surface area contributed by atoms with Crippen LogP contribution in [0.4, 0.5) is 0 Å². The highest BCUT2D eigenvalue weighted by Gasteiger charge is 2.24. The van der Waals surface area contributed by atoms with Gasteiger partial charge in [0.2, 0.25) is 0 Å². The Morgan fingerprint density at radius 2 is 1.64 bits per heavy atom. The van der Waals surface area contributed by atoms with Gasteiger partial charge in [-0.2, -0.15) is 0 Å². The van der Waals surface area contributed by atoms with E-state index in [1.54, 1.807) is 0 Å². The predicted octanol–water partition coefficient (Wildman–Crippen LogP) is 5.52. The van der Waals surface area contributed by atoms with Crippen LogP contribution in [0.2, 0.25) is 0 Å². The van der Waals surface area contributed by atoms with Crippen molar-refractivity contribution < 1.29 is 14.3 Å². The van der Waals surface area contributed by atoms with Crippen LogP contribution in [0.15, 0.2) is 34.4 Å². The summed E-state index contributed by atoms with van der Waals surface area (Å²) in [5.74, 6) is 0.138. The molecule has 0 amide bonds. The quantitative estimate of drug-likeness (QED) is 0.429. The van der Waals surface area contributed by atoms with E-state index in [0.29, 0.717) is 25.7 Å². The average molecular weight is 347 g/mol. The third kappa shape index (κ3) is 6.14. The second-order valence-electron chi connectivity index (χ2n) is 7.43. The summed E-state index contributed by atoms with van der Waals surface area (Å²) in [6.45, 7) is 7.50. The number of esters is 1. The number of hydrogen-bond donors (Lipinski definition) is 0. The van der Waals surface area contributed by atoms with Crippen LogP contribution in [0.25, 0.3) is 0 Å². The molecule has 0 saturated carbocycles. The molecule has 0 radical (unpaired) electrons. The van der Waals surface area contributed by atoms with E-state index in [9.17, 15) is 4.79 Å². The minimum atomic E-state index is -0.199. The molecule has 3 heteroatoms. The smallest absolute Gasteiger partial charge is 0.337 e. The Kier molecular flexibility index (Phi) is 8.47. The third-order valence-electron chi connectivity index (χ3n) is 4.77. The Hall–Kier alpha value is -1.35. The number of hydrogen-bond acceptors (Lipinski definition) is 3. The molecule has 2 rings (SSSR count). The number of allylic oxidation sites excluding steroid dienone is 5. The van der Waals surface area contributed by atoms with Crippen molar-refractivity contribution in [2.75, 3.05) is 19.8 Å². The van der Waals surface area contributed by atoms with Gasteiger partial charge in [0.05, 0.1) is 18.8 Å². The normalized spacial score (nSPS) is 17.8. The fraction of sp³-hybridized carbons (Fsp3) is 0.682. The Morgan fingerprint density at radius 1 is 1.04 bits per heavy atom. The summed E-state index contributed by atoms with van der Waals surface area (Å²) in [7, 11) is 0. The van der Waals surface area contributed by atoms with E-state index in [1.807, 2.05) is 6.92 Å². The maximum atomic E-state index is 12.9. The molecule has 0 N–H and O–H groups in total. The highest BCUT2D eigenvalue weighted by atomic mass is 16.5. The molecule has 0 aliphatic heterocycles. The Balaban J connectivity index is 2.40. The van der Waals surface area contributed by atoms with Gasteiger partial charge in [0.25, 0.3) is 0 Å². The first kappa shape index (κ1) is 20.0. The van der Waals surface area contributed by atoms with Gasteiger partial charge in [0, 0.05) is 6.61 Å². The van der Waals surface area contributed by atoms with Crippen LogP contribution in [-0.2, 0) is 14.3 Å². The van der Waals surface area contributed by atoms with Gasteiger partial charge in [-0.05, 0) is 80.9 Å². The summed E-state index contributed by atoms with van der Waals surface area (Å²) in [6.07, 6.45) is 13.9. The van der Waals surface area contributed by atoms with Gasteiger partial charge in [0.15, 0.2) is 0 Å². The maximum Gasteiger partial charge on any atom is 0.337 e. The largest absolute Gasteiger partial charge is 0.462 e. The van der Waals surface area contributed by atoms with Crippen LogP contribution < -0.4 is 0 Å². The van der Waals surface area contributed by atoms with Gasteiger partial charge < -0.3 is 9.47 Å². The molecule has 0 fully saturated rings. The lowest BCUT2D eigenvalue weighted by Crippen LogP contribution is -2.20. The number of rotatable bonds is 8. The lowest BCUT2D eigenvalue weighted by molar-refractivity contribution is -0.140. The van der Waals surface area contributed by atoms with Crippen LogP contribution in [0.3, 0.4) is 0 Å². The molecule has 0 unspecified atom stereocenters. The summed E-state index contributed by atoms with van der Waals surface area (Å²) < 4.78 is 11.3. The van der Waals surface area contributed by atoms with Crippen LogP contribution in [-0.4, -0.2) is 25.8 Å². The highest BCUT2D eigenvalue weighted by Crippen LogP contribution is 2.36. The van der Waals surface area contributed by atoms with Crippen molar-refractivity contribution in [3.63, 3.8) is 0 Å². The molecule has 0 saturated heterocycles. The molecule has 25 heavy (non-hydrogen) atoms. The van der Waals surface area contributed by atoms with E-state index >= 15 is 0 Å². The summed E-state index contributed by atoms with van der Waals surface area (Å²) in [5.41, 5.74) is 4.52. The van der Waals surface area contributed by atoms with Crippen LogP contribution in [0.5, 0.6) is 0 Å². The van der Waals surface area contributed by atoms with Crippen LogP contribution in [0.1, 0.15) is 72.1 Å². The highest BCUT2D eigenvalue weighted by molar-refractivity contribution is 5.92. The van der Waals surface area contributed by atoms with E-state index in [2.05, 4.69) is 26.0 Å². The first-order valence-electron chi connectivity index (χ1n) is 10.00. The van der Waals surface area contributed by atoms with Crippen molar-refractivity contribution in [3.05, 3.63) is 34.4 Å². The SMILES string of the molecule is CCOCC(C(=O)OCC(C)C)=C(C1=CCCCC1)C1=CCCCC1. The standard InChI is InChI=1S/C22H34O3/c1-4-24-16-20(22(23)25-15-17(2)3)21(18-11-7-5-8-12-18)19-13-9-6-10-14-19/h11,13,17H,4-10,12,14-16H2,1-3H3. The van der Waals surface area contributed by atoms with Crippen molar-refractivity contribution in [1.29, 1.82) is 0 Å². The number of ether oxygens (including phenoxy) is 2. The molecule has 2 aliphatic carbocycles. The molecule has 0 aromatic rings. The van der Waals surface area contributed by atoms with E-state index in [4.69, 9.17) is 9.47 Å². The minimum Gasteiger partial charge on any atom is -0.462 e. The van der Waals surface area contributed by atoms with Gasteiger partial charge >= 0.3 is 5.97 Å². The van der Waals surface area contributed by atoms with Crippen molar-refractivity contribution in [2.45, 2.75) is 72.1 Å². The molecule has 0 atom stereocenters. The van der Waals surface area contributed by atoms with Gasteiger partial charge in [-0.3, -0.25) is 0 Å². The molecule has 3 nitrogen and oxygen atoms in total. The first-order valence-corrected chi connectivity index (χ1v) is 10.00. The lowest BCUT2D eigenvalue weighted by Gasteiger charge is -2.24. The summed E-state index contributed by atoms with van der Waals surface area (Å²) in [6, 6.07) is 0. The van der Waals surface area contributed by atoms with Gasteiger partial charge in [-0.15, -0.1) is 0 Å². The topological polar surface area (TPSA) is 35.5 Å². The zero-order valence-corrected chi connectivity index (χ0v) is 16.2. The zero-order chi connectivity index (χ0) is 18.1. The molecule has 0 spiro atoms. The summed E-state index contributed by atoms with van der Waals surface area (Å²) in [4.78, 5) is 12.9. The third-order valence-corrected chi connectivity index (χ3v) is 4.77. The van der Waals surface area contributed by atoms with Gasteiger partial charge in [0.1, 0.15) is 0 Å². The van der Waals surface area contributed by atoms with Crippen molar-refractivity contribution in [2.24, 2.45) is 5.92 Å². The first-order chi connectivity index (χ1) is 12.1. The second kappa shape index (κ2) is 10.6. The molecule has 2 aliphatic rings. The minimum absolute atomic E-state index is 0.199. The van der Waals surface area contributed by atoms with Crippen LogP contribution in [0, 0.1) is 5.92 Å². The van der Waals surface area contributed by atoms with Crippen molar-refractivity contribution in [3.8, 4) is 0 Å². The molecule has 0 bridgehead atoms. The van der Waals surface area contributed by atoms with Crippen LogP contribution >= 0.6 is 0 Å². The lowest BCUT2D eigenvalue weighted by atomic mass is 9.82. The molecule has 0 aromatic heterocycles. The molecule has 0 aromatic carbocycles. The van der Waals surface area contributed by atoms with Crippen molar-refractivity contribution in [1.82, 2.24) is 0 Å². The number of carbonyl (C=O) groups is 1. The fourth-order valence-electron chi connectivity index (χ4n) is 3.49. The van der Waals surface area contributed by atoms with Gasteiger partial charge in [-0.1, -0.05) is 26.0 Å². The summed E-state index contributed by atoms with van der Waals surface area (Å²) >= 11 is 0. The fourth-order valence-corrected chi connectivity index (χ4v) is 3.49. The average Bonchev–Trinajstić information content (AvgIpc) is 2.64. The Labute approximate surface area is 153 Å². The van der Waals surface area contributed by atoms with Gasteiger partial charge in [-0.25, -0.2) is 4.79 Å². The van der Waals surface area contributed by atoms with E-state index in [-0.39, 0.29) is 5.97 Å². The molecule has 140 valence electrons. The maximum absolute atomic E-state index is 12.9. The summed E-state index contributed by atoms with van der Waals surface area (Å²) in [5, 5.41) is 0. The monoisotopic (exact) mass is 346 g/mol. The van der Waals surface area contributed by atoms with E-state index in [1.165, 1.54) is 36.8 Å². The Morgan fingerprint density at radius 3 is 2.08 bits per heavy atom. The number of carbonyl (C=O) groups excluding carboxylic acids is 1. The zero-order valence-electron chi connectivity index (χ0n) is 16.2. The predicted molar refractivity (Wildman–Crippen MR) is 102 cm³/mol. The molecule has 0 heterocycles. The second-order valence-corrected chi connectivity index (χ2v) is 7.43. The van der Waals surface area contributed by atoms with Crippen molar-refractivity contribution >= 4 is 5.97 Å². The van der Waals surface area contributed by atoms with E-state index in [0.717, 1.165) is 36.8 Å². The van der Waals surface area contributed by atoms with E-state index < -0.39 is 0 Å².